The number of hydrogen-bond acceptors (Lipinski definition) is 3. The number of aliphatic hydroxyl groups excluding tert-OH is 1. The van der Waals surface area contributed by atoms with Crippen LogP contribution in [0.15, 0.2) is 18.2 Å². The summed E-state index contributed by atoms with van der Waals surface area (Å²) in [6.45, 7) is 0.663. The number of phenolic OH excluding ortho intramolecular Hbond substituents is 1. The van der Waals surface area contributed by atoms with Gasteiger partial charge in [-0.3, -0.25) is 4.79 Å². The number of aliphatic hydroxyl groups is 1. The van der Waals surface area contributed by atoms with Crippen molar-refractivity contribution in [2.45, 2.75) is 18.9 Å². The molecule has 2 rings (SSSR count). The Labute approximate surface area is 98.3 Å². The average Bonchev–Trinajstić information content (AvgIpc) is 2.28. The van der Waals surface area contributed by atoms with E-state index in [4.69, 9.17) is 0 Å². The molecule has 0 aromatic heterocycles. The SMILES string of the molecule is O=C(c1c(O)cccc1F)N1CCCC(O)C1. The number of nitrogens with zero attached hydrogens (tertiary/aromatic N) is 1. The molecule has 1 fully saturated rings. The van der Waals surface area contributed by atoms with Gasteiger partial charge in [-0.15, -0.1) is 0 Å². The molecular weight excluding hydrogens is 225 g/mol. The van der Waals surface area contributed by atoms with Crippen LogP contribution in [-0.4, -0.2) is 40.2 Å². The molecule has 0 bridgehead atoms. The normalized spacial score (nSPS) is 20.4. The van der Waals surface area contributed by atoms with E-state index >= 15 is 0 Å². The Morgan fingerprint density at radius 3 is 2.88 bits per heavy atom. The van der Waals surface area contributed by atoms with Crippen molar-refractivity contribution in [2.75, 3.05) is 13.1 Å². The van der Waals surface area contributed by atoms with Gasteiger partial charge in [0, 0.05) is 13.1 Å². The summed E-state index contributed by atoms with van der Waals surface area (Å²) >= 11 is 0. The first-order chi connectivity index (χ1) is 8.09. The number of likely N-dealkylation sites (tertiary alicyclic amines) is 1. The van der Waals surface area contributed by atoms with Gasteiger partial charge < -0.3 is 15.1 Å². The van der Waals surface area contributed by atoms with Gasteiger partial charge in [-0.1, -0.05) is 6.07 Å². The van der Waals surface area contributed by atoms with E-state index in [1.54, 1.807) is 0 Å². The molecule has 0 aliphatic carbocycles. The van der Waals surface area contributed by atoms with Crippen LogP contribution < -0.4 is 0 Å². The lowest BCUT2D eigenvalue weighted by atomic mass is 10.1. The van der Waals surface area contributed by atoms with E-state index in [9.17, 15) is 19.4 Å². The molecule has 0 radical (unpaired) electrons. The monoisotopic (exact) mass is 239 g/mol. The third-order valence-corrected chi connectivity index (χ3v) is 2.89. The molecule has 17 heavy (non-hydrogen) atoms. The van der Waals surface area contributed by atoms with Crippen LogP contribution in [0.4, 0.5) is 4.39 Å². The number of β-amino-alcohol motifs (C(OH)–C–C–N with tert-alkyl or cyclic N) is 1. The molecular formula is C12H14FNO3. The van der Waals surface area contributed by atoms with Crippen LogP contribution >= 0.6 is 0 Å². The van der Waals surface area contributed by atoms with Crippen molar-refractivity contribution in [1.82, 2.24) is 4.90 Å². The molecule has 0 spiro atoms. The number of amides is 1. The number of aromatic hydroxyl groups is 1. The van der Waals surface area contributed by atoms with Crippen molar-refractivity contribution >= 4 is 5.91 Å². The van der Waals surface area contributed by atoms with Crippen LogP contribution in [0.5, 0.6) is 5.75 Å². The fourth-order valence-corrected chi connectivity index (χ4v) is 2.02. The summed E-state index contributed by atoms with van der Waals surface area (Å²) < 4.78 is 13.5. The standard InChI is InChI=1S/C12H14FNO3/c13-9-4-1-5-10(16)11(9)12(17)14-6-2-3-8(15)7-14/h1,4-5,8,15-16H,2-3,6-7H2. The van der Waals surface area contributed by atoms with Crippen molar-refractivity contribution < 1.29 is 19.4 Å². The predicted octanol–water partition coefficient (Wildman–Crippen LogP) is 1.13. The van der Waals surface area contributed by atoms with Gasteiger partial charge >= 0.3 is 0 Å². The summed E-state index contributed by atoms with van der Waals surface area (Å²) in [5.41, 5.74) is -0.318. The Morgan fingerprint density at radius 1 is 1.47 bits per heavy atom. The highest BCUT2D eigenvalue weighted by Gasteiger charge is 2.26. The van der Waals surface area contributed by atoms with Crippen LogP contribution in [0.1, 0.15) is 23.2 Å². The summed E-state index contributed by atoms with van der Waals surface area (Å²) in [5.74, 6) is -1.68. The zero-order chi connectivity index (χ0) is 12.4. The van der Waals surface area contributed by atoms with Gasteiger partial charge in [-0.25, -0.2) is 4.39 Å². The zero-order valence-corrected chi connectivity index (χ0v) is 9.27. The molecule has 1 aromatic rings. The van der Waals surface area contributed by atoms with E-state index in [-0.39, 0.29) is 17.9 Å². The molecule has 4 nitrogen and oxygen atoms in total. The van der Waals surface area contributed by atoms with Gasteiger partial charge in [0.1, 0.15) is 17.1 Å². The Bertz CT molecular complexity index is 416. The molecule has 1 atom stereocenters. The first kappa shape index (κ1) is 11.9. The second-order valence-electron chi connectivity index (χ2n) is 4.18. The van der Waals surface area contributed by atoms with E-state index in [2.05, 4.69) is 0 Å². The highest BCUT2D eigenvalue weighted by atomic mass is 19.1. The Kier molecular flexibility index (Phi) is 3.28. The molecule has 1 amide bonds. The quantitative estimate of drug-likeness (QED) is 0.772. The van der Waals surface area contributed by atoms with Crippen molar-refractivity contribution in [3.05, 3.63) is 29.6 Å². The summed E-state index contributed by atoms with van der Waals surface area (Å²) in [6, 6.07) is 3.75. The molecule has 1 heterocycles. The number of rotatable bonds is 1. The second-order valence-corrected chi connectivity index (χ2v) is 4.18. The number of carbonyl (C=O) groups excluding carboxylic acids is 1. The highest BCUT2D eigenvalue weighted by molar-refractivity contribution is 5.97. The van der Waals surface area contributed by atoms with Gasteiger partial charge in [0.2, 0.25) is 0 Å². The topological polar surface area (TPSA) is 60.8 Å². The van der Waals surface area contributed by atoms with E-state index < -0.39 is 17.8 Å². The maximum absolute atomic E-state index is 13.5. The summed E-state index contributed by atoms with van der Waals surface area (Å²) in [5, 5.41) is 19.0. The average molecular weight is 239 g/mol. The third kappa shape index (κ3) is 2.39. The van der Waals surface area contributed by atoms with E-state index in [1.165, 1.54) is 17.0 Å². The molecule has 1 aromatic carbocycles. The van der Waals surface area contributed by atoms with E-state index in [1.807, 2.05) is 0 Å². The van der Waals surface area contributed by atoms with E-state index in [0.717, 1.165) is 6.07 Å². The van der Waals surface area contributed by atoms with Gasteiger partial charge in [0.05, 0.1) is 6.10 Å². The third-order valence-electron chi connectivity index (χ3n) is 2.89. The fraction of sp³-hybridized carbons (Fsp3) is 0.417. The van der Waals surface area contributed by atoms with Crippen molar-refractivity contribution in [1.29, 1.82) is 0 Å². The van der Waals surface area contributed by atoms with Gasteiger partial charge in [-0.05, 0) is 25.0 Å². The number of hydrogen-bond donors (Lipinski definition) is 2. The molecule has 5 heteroatoms. The van der Waals surface area contributed by atoms with Crippen molar-refractivity contribution in [2.24, 2.45) is 0 Å². The number of carbonyl (C=O) groups is 1. The number of piperidine rings is 1. The smallest absolute Gasteiger partial charge is 0.260 e. The first-order valence-corrected chi connectivity index (χ1v) is 5.54. The second kappa shape index (κ2) is 4.71. The lowest BCUT2D eigenvalue weighted by Gasteiger charge is -2.30. The molecule has 1 aliphatic heterocycles. The minimum atomic E-state index is -0.741. The molecule has 2 N–H and O–H groups in total. The number of phenols is 1. The largest absolute Gasteiger partial charge is 0.507 e. The molecule has 1 unspecified atom stereocenters. The Balaban J connectivity index is 2.24. The zero-order valence-electron chi connectivity index (χ0n) is 9.27. The van der Waals surface area contributed by atoms with Crippen LogP contribution in [0.3, 0.4) is 0 Å². The van der Waals surface area contributed by atoms with Crippen molar-refractivity contribution in [3.63, 3.8) is 0 Å². The lowest BCUT2D eigenvalue weighted by Crippen LogP contribution is -2.42. The number of halogens is 1. The molecule has 0 saturated carbocycles. The minimum Gasteiger partial charge on any atom is -0.507 e. The molecule has 92 valence electrons. The molecule has 1 saturated heterocycles. The Morgan fingerprint density at radius 2 is 2.24 bits per heavy atom. The molecule has 1 aliphatic rings. The van der Waals surface area contributed by atoms with Crippen LogP contribution in [0.2, 0.25) is 0 Å². The lowest BCUT2D eigenvalue weighted by molar-refractivity contribution is 0.0467. The maximum atomic E-state index is 13.5. The van der Waals surface area contributed by atoms with Crippen LogP contribution in [0.25, 0.3) is 0 Å². The highest BCUT2D eigenvalue weighted by Crippen LogP contribution is 2.23. The fourth-order valence-electron chi connectivity index (χ4n) is 2.02. The van der Waals surface area contributed by atoms with Gasteiger partial charge in [0.15, 0.2) is 0 Å². The Hall–Kier alpha value is -1.62. The van der Waals surface area contributed by atoms with Crippen molar-refractivity contribution in [3.8, 4) is 5.75 Å². The van der Waals surface area contributed by atoms with Crippen LogP contribution in [0, 0.1) is 5.82 Å². The summed E-state index contributed by atoms with van der Waals surface area (Å²) in [7, 11) is 0. The summed E-state index contributed by atoms with van der Waals surface area (Å²) in [4.78, 5) is 13.4. The maximum Gasteiger partial charge on any atom is 0.260 e. The minimum absolute atomic E-state index is 0.187. The number of benzene rings is 1. The van der Waals surface area contributed by atoms with Crippen LogP contribution in [-0.2, 0) is 0 Å². The summed E-state index contributed by atoms with van der Waals surface area (Å²) in [6.07, 6.45) is 0.761. The van der Waals surface area contributed by atoms with E-state index in [0.29, 0.717) is 19.4 Å². The van der Waals surface area contributed by atoms with Gasteiger partial charge in [0.25, 0.3) is 5.91 Å². The first-order valence-electron chi connectivity index (χ1n) is 5.54. The van der Waals surface area contributed by atoms with Gasteiger partial charge in [-0.2, -0.15) is 0 Å². The predicted molar refractivity (Wildman–Crippen MR) is 59.2 cm³/mol.